The average Bonchev–Trinajstić information content (AvgIpc) is 3.05. The van der Waals surface area contributed by atoms with E-state index in [-0.39, 0.29) is 5.91 Å². The van der Waals surface area contributed by atoms with Crippen molar-refractivity contribution in [2.45, 2.75) is 13.2 Å². The molecule has 0 bridgehead atoms. The number of nitrogens with one attached hydrogen (secondary N) is 1. The summed E-state index contributed by atoms with van der Waals surface area (Å²) in [5.41, 5.74) is 1.51. The maximum atomic E-state index is 12.3. The highest BCUT2D eigenvalue weighted by molar-refractivity contribution is 9.10. The van der Waals surface area contributed by atoms with Crippen molar-refractivity contribution in [3.05, 3.63) is 81.5 Å². The highest BCUT2D eigenvalue weighted by Crippen LogP contribution is 2.18. The van der Waals surface area contributed by atoms with Crippen molar-refractivity contribution in [1.29, 1.82) is 0 Å². The van der Waals surface area contributed by atoms with E-state index in [1.807, 2.05) is 36.5 Å². The second-order valence-electron chi connectivity index (χ2n) is 5.62. The van der Waals surface area contributed by atoms with E-state index in [1.165, 1.54) is 0 Å². The molecule has 1 aromatic heterocycles. The first-order chi connectivity index (χ1) is 12.6. The zero-order chi connectivity index (χ0) is 18.4. The number of halogens is 2. The molecular weight excluding hydrogens is 418 g/mol. The summed E-state index contributed by atoms with van der Waals surface area (Å²) in [5.74, 6) is 0.568. The Morgan fingerprint density at radius 1 is 1.23 bits per heavy atom. The van der Waals surface area contributed by atoms with E-state index in [4.69, 9.17) is 16.3 Å². The van der Waals surface area contributed by atoms with E-state index >= 15 is 0 Å². The molecule has 0 spiro atoms. The molecule has 7 heteroatoms. The lowest BCUT2D eigenvalue weighted by molar-refractivity contribution is 0.0951. The van der Waals surface area contributed by atoms with Crippen molar-refractivity contribution < 1.29 is 9.53 Å². The SMILES string of the molecule is O=C(NCCn1cc(Br)cn1)c1cccc(COc2cccc(Cl)c2)c1. The van der Waals surface area contributed by atoms with Crippen molar-refractivity contribution in [3.63, 3.8) is 0 Å². The van der Waals surface area contributed by atoms with Gasteiger partial charge in [-0.1, -0.05) is 29.8 Å². The number of aromatic nitrogens is 2. The van der Waals surface area contributed by atoms with Gasteiger partial charge in [-0.2, -0.15) is 5.10 Å². The molecule has 0 aliphatic carbocycles. The van der Waals surface area contributed by atoms with E-state index < -0.39 is 0 Å². The van der Waals surface area contributed by atoms with Crippen LogP contribution in [-0.2, 0) is 13.2 Å². The summed E-state index contributed by atoms with van der Waals surface area (Å²) in [6.07, 6.45) is 3.57. The minimum Gasteiger partial charge on any atom is -0.489 e. The molecule has 3 aromatic rings. The van der Waals surface area contributed by atoms with Gasteiger partial charge >= 0.3 is 0 Å². The molecule has 1 heterocycles. The maximum Gasteiger partial charge on any atom is 0.251 e. The highest BCUT2D eigenvalue weighted by atomic mass is 79.9. The lowest BCUT2D eigenvalue weighted by atomic mass is 10.1. The number of ether oxygens (including phenoxy) is 1. The van der Waals surface area contributed by atoms with Gasteiger partial charge in [-0.15, -0.1) is 0 Å². The fourth-order valence-corrected chi connectivity index (χ4v) is 2.88. The molecule has 1 N–H and O–H groups in total. The summed E-state index contributed by atoms with van der Waals surface area (Å²) in [6, 6.07) is 14.6. The van der Waals surface area contributed by atoms with Crippen LogP contribution in [0.15, 0.2) is 65.4 Å². The zero-order valence-corrected chi connectivity index (χ0v) is 16.2. The molecule has 5 nitrogen and oxygen atoms in total. The minimum absolute atomic E-state index is 0.124. The fourth-order valence-electron chi connectivity index (χ4n) is 2.37. The Bertz CT molecular complexity index is 898. The second kappa shape index (κ2) is 8.87. The number of hydrogen-bond donors (Lipinski definition) is 1. The lowest BCUT2D eigenvalue weighted by Crippen LogP contribution is -2.27. The Morgan fingerprint density at radius 3 is 2.85 bits per heavy atom. The van der Waals surface area contributed by atoms with Crippen molar-refractivity contribution in [3.8, 4) is 5.75 Å². The molecule has 3 rings (SSSR count). The third-order valence-corrected chi connectivity index (χ3v) is 4.26. The third kappa shape index (κ3) is 5.34. The summed E-state index contributed by atoms with van der Waals surface area (Å²) >= 11 is 9.29. The molecule has 26 heavy (non-hydrogen) atoms. The van der Waals surface area contributed by atoms with Crippen LogP contribution in [0.1, 0.15) is 15.9 Å². The molecule has 0 fully saturated rings. The van der Waals surface area contributed by atoms with Crippen LogP contribution in [0, 0.1) is 0 Å². The van der Waals surface area contributed by atoms with Gasteiger partial charge in [0.05, 0.1) is 17.2 Å². The van der Waals surface area contributed by atoms with Crippen LogP contribution in [0.2, 0.25) is 5.02 Å². The van der Waals surface area contributed by atoms with Crippen LogP contribution in [-0.4, -0.2) is 22.2 Å². The molecule has 134 valence electrons. The Kier molecular flexibility index (Phi) is 6.30. The predicted molar refractivity (Wildman–Crippen MR) is 104 cm³/mol. The van der Waals surface area contributed by atoms with Crippen LogP contribution in [0.5, 0.6) is 5.75 Å². The Hall–Kier alpha value is -2.31. The number of carbonyl (C=O) groups excluding carboxylic acids is 1. The van der Waals surface area contributed by atoms with Crippen LogP contribution in [0.4, 0.5) is 0 Å². The van der Waals surface area contributed by atoms with Crippen molar-refractivity contribution in [1.82, 2.24) is 15.1 Å². The average molecular weight is 435 g/mol. The smallest absolute Gasteiger partial charge is 0.251 e. The zero-order valence-electron chi connectivity index (χ0n) is 13.9. The van der Waals surface area contributed by atoms with E-state index in [9.17, 15) is 4.79 Å². The van der Waals surface area contributed by atoms with Crippen molar-refractivity contribution >= 4 is 33.4 Å². The molecule has 0 radical (unpaired) electrons. The molecule has 0 atom stereocenters. The Labute approximate surface area is 165 Å². The van der Waals surface area contributed by atoms with Crippen LogP contribution in [0.3, 0.4) is 0 Å². The number of nitrogens with zero attached hydrogens (tertiary/aromatic N) is 2. The van der Waals surface area contributed by atoms with E-state index in [0.29, 0.717) is 36.0 Å². The monoisotopic (exact) mass is 433 g/mol. The van der Waals surface area contributed by atoms with Crippen LogP contribution >= 0.6 is 27.5 Å². The lowest BCUT2D eigenvalue weighted by Gasteiger charge is -2.09. The standard InChI is InChI=1S/C19H17BrClN3O2/c20-16-11-23-24(12-16)8-7-22-19(25)15-4-1-3-14(9-15)13-26-18-6-2-5-17(21)10-18/h1-6,9-12H,7-8,13H2,(H,22,25). The van der Waals surface area contributed by atoms with Gasteiger partial charge in [0, 0.05) is 23.3 Å². The number of carbonyl (C=O) groups is 1. The first kappa shape index (κ1) is 18.5. The van der Waals surface area contributed by atoms with Gasteiger partial charge in [0.2, 0.25) is 0 Å². The molecule has 0 aliphatic heterocycles. The molecule has 1 amide bonds. The largest absolute Gasteiger partial charge is 0.489 e. The molecule has 0 unspecified atom stereocenters. The molecular formula is C19H17BrClN3O2. The molecule has 0 saturated heterocycles. The number of amides is 1. The maximum absolute atomic E-state index is 12.3. The summed E-state index contributed by atoms with van der Waals surface area (Å²) in [6.45, 7) is 1.47. The highest BCUT2D eigenvalue weighted by Gasteiger charge is 2.07. The summed E-state index contributed by atoms with van der Waals surface area (Å²) in [4.78, 5) is 12.3. The quantitative estimate of drug-likeness (QED) is 0.603. The van der Waals surface area contributed by atoms with Gasteiger partial charge < -0.3 is 10.1 Å². The van der Waals surface area contributed by atoms with Crippen molar-refractivity contribution in [2.75, 3.05) is 6.54 Å². The van der Waals surface area contributed by atoms with E-state index in [0.717, 1.165) is 10.0 Å². The third-order valence-electron chi connectivity index (χ3n) is 3.62. The molecule has 0 aliphatic rings. The summed E-state index contributed by atoms with van der Waals surface area (Å²) in [7, 11) is 0. The minimum atomic E-state index is -0.124. The predicted octanol–water partition coefficient (Wildman–Crippen LogP) is 4.31. The number of benzene rings is 2. The second-order valence-corrected chi connectivity index (χ2v) is 6.98. The Balaban J connectivity index is 1.53. The van der Waals surface area contributed by atoms with Gasteiger partial charge in [0.15, 0.2) is 0 Å². The Morgan fingerprint density at radius 2 is 2.08 bits per heavy atom. The number of rotatable bonds is 7. The number of hydrogen-bond acceptors (Lipinski definition) is 3. The first-order valence-corrected chi connectivity index (χ1v) is 9.21. The van der Waals surface area contributed by atoms with E-state index in [2.05, 4.69) is 26.3 Å². The van der Waals surface area contributed by atoms with Crippen molar-refractivity contribution in [2.24, 2.45) is 0 Å². The van der Waals surface area contributed by atoms with Crippen LogP contribution in [0.25, 0.3) is 0 Å². The van der Waals surface area contributed by atoms with Gasteiger partial charge in [0.25, 0.3) is 5.91 Å². The van der Waals surface area contributed by atoms with Gasteiger partial charge in [0.1, 0.15) is 12.4 Å². The van der Waals surface area contributed by atoms with Gasteiger partial charge in [-0.05, 0) is 51.8 Å². The normalized spacial score (nSPS) is 10.5. The first-order valence-electron chi connectivity index (χ1n) is 8.03. The van der Waals surface area contributed by atoms with Gasteiger partial charge in [-0.25, -0.2) is 0 Å². The van der Waals surface area contributed by atoms with Crippen LogP contribution < -0.4 is 10.1 Å². The molecule has 2 aromatic carbocycles. The summed E-state index contributed by atoms with van der Waals surface area (Å²) < 4.78 is 8.39. The summed E-state index contributed by atoms with van der Waals surface area (Å²) in [5, 5.41) is 7.67. The van der Waals surface area contributed by atoms with Gasteiger partial charge in [-0.3, -0.25) is 9.48 Å². The fraction of sp³-hybridized carbons (Fsp3) is 0.158. The topological polar surface area (TPSA) is 56.2 Å². The van der Waals surface area contributed by atoms with E-state index in [1.54, 1.807) is 29.1 Å². The molecule has 0 saturated carbocycles.